The molecule has 3 aromatic rings. The lowest BCUT2D eigenvalue weighted by Crippen LogP contribution is -2.11. The first-order valence-corrected chi connectivity index (χ1v) is 8.87. The summed E-state index contributed by atoms with van der Waals surface area (Å²) in [5, 5.41) is 5.40. The minimum Gasteiger partial charge on any atom is -0.486 e. The van der Waals surface area contributed by atoms with Crippen molar-refractivity contribution in [3.63, 3.8) is 0 Å². The molecule has 4 rings (SSSR count). The van der Waals surface area contributed by atoms with E-state index in [4.69, 9.17) is 18.6 Å². The first-order valence-electron chi connectivity index (χ1n) is 8.87. The number of fused-ring (bicyclic) bond motifs is 1. The Bertz CT molecular complexity index is 1040. The zero-order chi connectivity index (χ0) is 20.2. The van der Waals surface area contributed by atoms with Gasteiger partial charge in [-0.3, -0.25) is 9.59 Å². The molecule has 2 amide bonds. The molecule has 2 heterocycles. The molecule has 8 heteroatoms. The Morgan fingerprint density at radius 3 is 2.41 bits per heavy atom. The predicted octanol–water partition coefficient (Wildman–Crippen LogP) is 3.80. The van der Waals surface area contributed by atoms with Gasteiger partial charge in [0.05, 0.1) is 0 Å². The standard InChI is InChI=1S/C21H18N2O6/c1-13(24)22-14-2-4-15(5-3-14)23-21(25)19-9-7-17(29-19)11-26-16-6-8-18-20(10-16)28-12-27-18/h2-10H,11-12H2,1H3,(H,22,24)(H,23,25). The molecule has 0 saturated carbocycles. The molecule has 0 saturated heterocycles. The number of carbonyl (C=O) groups is 2. The molecule has 0 unspecified atom stereocenters. The summed E-state index contributed by atoms with van der Waals surface area (Å²) < 4.78 is 21.8. The summed E-state index contributed by atoms with van der Waals surface area (Å²) in [6.45, 7) is 1.80. The molecule has 8 nitrogen and oxygen atoms in total. The van der Waals surface area contributed by atoms with Crippen LogP contribution in [0.5, 0.6) is 17.2 Å². The van der Waals surface area contributed by atoms with Crippen molar-refractivity contribution in [2.24, 2.45) is 0 Å². The first kappa shape index (κ1) is 18.4. The lowest BCUT2D eigenvalue weighted by molar-refractivity contribution is -0.114. The number of hydrogen-bond donors (Lipinski definition) is 2. The molecule has 1 aliphatic heterocycles. The van der Waals surface area contributed by atoms with Gasteiger partial charge in [0, 0.05) is 24.4 Å². The van der Waals surface area contributed by atoms with Crippen molar-refractivity contribution in [2.75, 3.05) is 17.4 Å². The smallest absolute Gasteiger partial charge is 0.291 e. The van der Waals surface area contributed by atoms with Crippen LogP contribution in [0.25, 0.3) is 0 Å². The SMILES string of the molecule is CC(=O)Nc1ccc(NC(=O)c2ccc(COc3ccc4c(c3)OCO4)o2)cc1. The van der Waals surface area contributed by atoms with Gasteiger partial charge in [0.25, 0.3) is 5.91 Å². The fourth-order valence-corrected chi connectivity index (χ4v) is 2.73. The zero-order valence-electron chi connectivity index (χ0n) is 15.6. The monoisotopic (exact) mass is 394 g/mol. The number of ether oxygens (including phenoxy) is 3. The quantitative estimate of drug-likeness (QED) is 0.660. The molecule has 0 spiro atoms. The van der Waals surface area contributed by atoms with Crippen LogP contribution in [-0.2, 0) is 11.4 Å². The van der Waals surface area contributed by atoms with E-state index in [-0.39, 0.29) is 31.0 Å². The lowest BCUT2D eigenvalue weighted by atomic mass is 10.2. The Kier molecular flexibility index (Phi) is 5.07. The van der Waals surface area contributed by atoms with E-state index in [9.17, 15) is 9.59 Å². The molecular formula is C21H18N2O6. The van der Waals surface area contributed by atoms with Gasteiger partial charge in [0.1, 0.15) is 18.1 Å². The number of hydrogen-bond acceptors (Lipinski definition) is 6. The second-order valence-corrected chi connectivity index (χ2v) is 6.28. The van der Waals surface area contributed by atoms with Gasteiger partial charge in [-0.1, -0.05) is 0 Å². The topological polar surface area (TPSA) is 99.0 Å². The molecule has 2 N–H and O–H groups in total. The predicted molar refractivity (Wildman–Crippen MR) is 104 cm³/mol. The number of rotatable bonds is 6. The lowest BCUT2D eigenvalue weighted by Gasteiger charge is -2.06. The number of nitrogens with one attached hydrogen (secondary N) is 2. The molecule has 2 aromatic carbocycles. The van der Waals surface area contributed by atoms with E-state index in [0.717, 1.165) is 0 Å². The third kappa shape index (κ3) is 4.49. The van der Waals surface area contributed by atoms with Crippen LogP contribution in [0.4, 0.5) is 11.4 Å². The second kappa shape index (κ2) is 7.97. The summed E-state index contributed by atoms with van der Waals surface area (Å²) in [4.78, 5) is 23.4. The van der Waals surface area contributed by atoms with Crippen LogP contribution in [0.2, 0.25) is 0 Å². The van der Waals surface area contributed by atoms with Crippen molar-refractivity contribution in [3.05, 3.63) is 66.1 Å². The summed E-state index contributed by atoms with van der Waals surface area (Å²) in [6.07, 6.45) is 0. The molecule has 148 valence electrons. The Balaban J connectivity index is 1.33. The number of anilines is 2. The van der Waals surface area contributed by atoms with E-state index in [2.05, 4.69) is 10.6 Å². The zero-order valence-corrected chi connectivity index (χ0v) is 15.6. The molecular weight excluding hydrogens is 376 g/mol. The van der Waals surface area contributed by atoms with Gasteiger partial charge in [-0.2, -0.15) is 0 Å². The van der Waals surface area contributed by atoms with Crippen molar-refractivity contribution in [3.8, 4) is 17.2 Å². The molecule has 0 aliphatic carbocycles. The molecule has 29 heavy (non-hydrogen) atoms. The van der Waals surface area contributed by atoms with E-state index < -0.39 is 0 Å². The van der Waals surface area contributed by atoms with Crippen LogP contribution >= 0.6 is 0 Å². The third-order valence-corrected chi connectivity index (χ3v) is 4.07. The highest BCUT2D eigenvalue weighted by molar-refractivity contribution is 6.02. The van der Waals surface area contributed by atoms with E-state index in [1.807, 2.05) is 0 Å². The van der Waals surface area contributed by atoms with Crippen LogP contribution in [0, 0.1) is 0 Å². The number of amides is 2. The van der Waals surface area contributed by atoms with Crippen LogP contribution in [0.15, 0.2) is 59.0 Å². The average Bonchev–Trinajstić information content (AvgIpc) is 3.36. The Labute approximate surface area is 166 Å². The number of furan rings is 1. The summed E-state index contributed by atoms with van der Waals surface area (Å²) in [5.74, 6) is 2.05. The summed E-state index contributed by atoms with van der Waals surface area (Å²) in [7, 11) is 0. The number of carbonyl (C=O) groups excluding carboxylic acids is 2. The van der Waals surface area contributed by atoms with Gasteiger partial charge in [-0.25, -0.2) is 0 Å². The summed E-state index contributed by atoms with van der Waals surface area (Å²) in [5.41, 5.74) is 1.23. The Hall–Kier alpha value is -3.94. The van der Waals surface area contributed by atoms with Gasteiger partial charge >= 0.3 is 0 Å². The molecule has 0 radical (unpaired) electrons. The fourth-order valence-electron chi connectivity index (χ4n) is 2.73. The van der Waals surface area contributed by atoms with E-state index >= 15 is 0 Å². The van der Waals surface area contributed by atoms with E-state index in [1.165, 1.54) is 6.92 Å². The van der Waals surface area contributed by atoms with Crippen molar-refractivity contribution >= 4 is 23.2 Å². The van der Waals surface area contributed by atoms with Crippen LogP contribution in [-0.4, -0.2) is 18.6 Å². The van der Waals surface area contributed by atoms with Gasteiger partial charge in [-0.15, -0.1) is 0 Å². The maximum atomic E-state index is 12.3. The minimum absolute atomic E-state index is 0.159. The molecule has 0 fully saturated rings. The van der Waals surface area contributed by atoms with Gasteiger partial charge in [0.2, 0.25) is 12.7 Å². The average molecular weight is 394 g/mol. The van der Waals surface area contributed by atoms with E-state index in [1.54, 1.807) is 54.6 Å². The Morgan fingerprint density at radius 2 is 1.66 bits per heavy atom. The van der Waals surface area contributed by atoms with E-state index in [0.29, 0.717) is 34.4 Å². The largest absolute Gasteiger partial charge is 0.486 e. The van der Waals surface area contributed by atoms with Crippen molar-refractivity contribution in [2.45, 2.75) is 13.5 Å². The van der Waals surface area contributed by atoms with Gasteiger partial charge < -0.3 is 29.3 Å². The van der Waals surface area contributed by atoms with Crippen molar-refractivity contribution in [1.29, 1.82) is 0 Å². The van der Waals surface area contributed by atoms with Crippen molar-refractivity contribution < 1.29 is 28.2 Å². The van der Waals surface area contributed by atoms with Crippen molar-refractivity contribution in [1.82, 2.24) is 0 Å². The maximum absolute atomic E-state index is 12.3. The van der Waals surface area contributed by atoms with Crippen LogP contribution in [0.1, 0.15) is 23.2 Å². The maximum Gasteiger partial charge on any atom is 0.291 e. The van der Waals surface area contributed by atoms with Crippen LogP contribution < -0.4 is 24.8 Å². The highest BCUT2D eigenvalue weighted by Gasteiger charge is 2.15. The molecule has 1 aromatic heterocycles. The van der Waals surface area contributed by atoms with Crippen LogP contribution in [0.3, 0.4) is 0 Å². The summed E-state index contributed by atoms with van der Waals surface area (Å²) >= 11 is 0. The second-order valence-electron chi connectivity index (χ2n) is 6.28. The van der Waals surface area contributed by atoms with Gasteiger partial charge in [0.15, 0.2) is 17.3 Å². The number of benzene rings is 2. The normalized spacial score (nSPS) is 11.8. The highest BCUT2D eigenvalue weighted by atomic mass is 16.7. The highest BCUT2D eigenvalue weighted by Crippen LogP contribution is 2.35. The summed E-state index contributed by atoms with van der Waals surface area (Å²) in [6, 6.07) is 15.3. The Morgan fingerprint density at radius 1 is 0.931 bits per heavy atom. The molecule has 0 bridgehead atoms. The van der Waals surface area contributed by atoms with Gasteiger partial charge in [-0.05, 0) is 48.5 Å². The third-order valence-electron chi connectivity index (χ3n) is 4.07. The minimum atomic E-state index is -0.383. The molecule has 0 atom stereocenters. The first-order chi connectivity index (χ1) is 14.1. The fraction of sp³-hybridized carbons (Fsp3) is 0.143. The molecule has 1 aliphatic rings.